The van der Waals surface area contributed by atoms with E-state index in [0.29, 0.717) is 0 Å². The number of hydrogen-bond donors (Lipinski definition) is 2. The molecule has 0 unspecified atom stereocenters. The van der Waals surface area contributed by atoms with Gasteiger partial charge >= 0.3 is 0 Å². The third-order valence-electron chi connectivity index (χ3n) is 4.15. The molecule has 2 N–H and O–H groups in total. The first-order valence-corrected chi connectivity index (χ1v) is 11.7. The highest BCUT2D eigenvalue weighted by atomic mass is 32.2. The predicted octanol–water partition coefficient (Wildman–Crippen LogP) is 0.0152. The SMILES string of the molecule is O=C([O-])c1cccc(S(=O)(=O)Nc2ccc(NS(=O)(=O)c3cccc(C(=O)[O-])c3)cc2)c1. The van der Waals surface area contributed by atoms with Crippen LogP contribution in [0.15, 0.2) is 82.6 Å². The fourth-order valence-corrected chi connectivity index (χ4v) is 4.82. The number of carboxylic acids is 2. The fourth-order valence-electron chi connectivity index (χ4n) is 2.61. The van der Waals surface area contributed by atoms with Gasteiger partial charge in [-0.15, -0.1) is 0 Å². The van der Waals surface area contributed by atoms with Crippen molar-refractivity contribution >= 4 is 43.4 Å². The topological polar surface area (TPSA) is 173 Å². The molecule has 166 valence electrons. The molecule has 3 aromatic rings. The molecule has 0 saturated heterocycles. The van der Waals surface area contributed by atoms with E-state index in [1.54, 1.807) is 0 Å². The molecule has 0 atom stereocenters. The first-order chi connectivity index (χ1) is 15.0. The van der Waals surface area contributed by atoms with Crippen LogP contribution in [0.1, 0.15) is 20.7 Å². The molecule has 3 rings (SSSR count). The number of sulfonamides is 2. The lowest BCUT2D eigenvalue weighted by molar-refractivity contribution is -0.256. The first kappa shape index (κ1) is 22.8. The van der Waals surface area contributed by atoms with Crippen LogP contribution in [0.25, 0.3) is 0 Å². The third kappa shape index (κ3) is 5.22. The van der Waals surface area contributed by atoms with Gasteiger partial charge in [0.15, 0.2) is 0 Å². The van der Waals surface area contributed by atoms with Gasteiger partial charge in [-0.1, -0.05) is 24.3 Å². The second-order valence-corrected chi connectivity index (χ2v) is 9.78. The van der Waals surface area contributed by atoms with Gasteiger partial charge in [0.1, 0.15) is 0 Å². The Morgan fingerprint density at radius 2 is 0.938 bits per heavy atom. The number of anilines is 2. The Kier molecular flexibility index (Phi) is 6.18. The second-order valence-electron chi connectivity index (χ2n) is 6.42. The highest BCUT2D eigenvalue weighted by molar-refractivity contribution is 7.93. The molecule has 0 fully saturated rings. The summed E-state index contributed by atoms with van der Waals surface area (Å²) in [5, 5.41) is 21.9. The average molecular weight is 474 g/mol. The Hall–Kier alpha value is -3.90. The lowest BCUT2D eigenvalue weighted by Crippen LogP contribution is -2.23. The number of aromatic carboxylic acids is 2. The van der Waals surface area contributed by atoms with Crippen LogP contribution in [0.5, 0.6) is 0 Å². The molecular formula is C20H14N2O8S2-2. The van der Waals surface area contributed by atoms with Gasteiger partial charge in [0, 0.05) is 11.4 Å². The molecular weight excluding hydrogens is 460 g/mol. The van der Waals surface area contributed by atoms with E-state index in [-0.39, 0.29) is 32.3 Å². The number of rotatable bonds is 8. The van der Waals surface area contributed by atoms with Crippen LogP contribution < -0.4 is 19.7 Å². The summed E-state index contributed by atoms with van der Waals surface area (Å²) in [5.74, 6) is -3.05. The molecule has 0 bridgehead atoms. The molecule has 0 radical (unpaired) electrons. The summed E-state index contributed by atoms with van der Waals surface area (Å²) < 4.78 is 54.4. The zero-order chi connectivity index (χ0) is 23.5. The van der Waals surface area contributed by atoms with Crippen molar-refractivity contribution in [2.24, 2.45) is 0 Å². The van der Waals surface area contributed by atoms with E-state index < -0.39 is 32.0 Å². The number of nitrogens with one attached hydrogen (secondary N) is 2. The van der Waals surface area contributed by atoms with Gasteiger partial charge in [0.2, 0.25) is 0 Å². The van der Waals surface area contributed by atoms with E-state index in [1.807, 2.05) is 0 Å². The Labute approximate surface area is 183 Å². The molecule has 0 spiro atoms. The molecule has 0 amide bonds. The second kappa shape index (κ2) is 8.69. The van der Waals surface area contributed by atoms with Crippen molar-refractivity contribution in [2.45, 2.75) is 9.79 Å². The number of carbonyl (C=O) groups excluding carboxylic acids is 2. The average Bonchev–Trinajstić information content (AvgIpc) is 2.75. The van der Waals surface area contributed by atoms with Gasteiger partial charge in [-0.05, 0) is 59.7 Å². The van der Waals surface area contributed by atoms with E-state index in [2.05, 4.69) is 9.44 Å². The summed E-state index contributed by atoms with van der Waals surface area (Å²) in [6, 6.07) is 14.4. The Morgan fingerprint density at radius 1 is 0.594 bits per heavy atom. The Balaban J connectivity index is 1.78. The number of benzene rings is 3. The molecule has 0 saturated carbocycles. The predicted molar refractivity (Wildman–Crippen MR) is 110 cm³/mol. The first-order valence-electron chi connectivity index (χ1n) is 8.76. The third-order valence-corrected chi connectivity index (χ3v) is 6.91. The maximum atomic E-state index is 12.5. The molecule has 0 aliphatic carbocycles. The zero-order valence-corrected chi connectivity index (χ0v) is 17.6. The standard InChI is InChI=1S/C20H16N2O8S2/c23-19(24)13-3-1-5-17(11-13)31(27,28)21-15-7-9-16(10-8-15)22-32(29,30)18-6-2-4-14(12-18)20(25)26/h1-12,21-22H,(H,23,24)(H,25,26)/p-2. The zero-order valence-electron chi connectivity index (χ0n) is 16.0. The number of carboxylic acid groups (broad SMARTS) is 2. The minimum Gasteiger partial charge on any atom is -0.545 e. The molecule has 32 heavy (non-hydrogen) atoms. The lowest BCUT2D eigenvalue weighted by atomic mass is 10.2. The Bertz CT molecular complexity index is 1290. The van der Waals surface area contributed by atoms with Crippen molar-refractivity contribution in [3.8, 4) is 0 Å². The van der Waals surface area contributed by atoms with Gasteiger partial charge in [-0.25, -0.2) is 16.8 Å². The van der Waals surface area contributed by atoms with Crippen molar-refractivity contribution in [1.29, 1.82) is 0 Å². The summed E-state index contributed by atoms with van der Waals surface area (Å²) >= 11 is 0. The van der Waals surface area contributed by atoms with E-state index in [4.69, 9.17) is 0 Å². The van der Waals surface area contributed by atoms with Gasteiger partial charge in [-0.3, -0.25) is 9.44 Å². The van der Waals surface area contributed by atoms with Gasteiger partial charge < -0.3 is 19.8 Å². The van der Waals surface area contributed by atoms with Gasteiger partial charge in [0.05, 0.1) is 21.7 Å². The summed E-state index contributed by atoms with van der Waals surface area (Å²) in [4.78, 5) is 21.3. The molecule has 10 nitrogen and oxygen atoms in total. The minimum absolute atomic E-state index is 0.0887. The summed E-state index contributed by atoms with van der Waals surface area (Å²) in [6.07, 6.45) is 0. The monoisotopic (exact) mass is 474 g/mol. The molecule has 12 heteroatoms. The molecule has 0 aliphatic heterocycles. The maximum Gasteiger partial charge on any atom is 0.261 e. The fraction of sp³-hybridized carbons (Fsp3) is 0. The quantitative estimate of drug-likeness (QED) is 0.459. The summed E-state index contributed by atoms with van der Waals surface area (Å²) in [7, 11) is -8.23. The van der Waals surface area contributed by atoms with Crippen molar-refractivity contribution in [2.75, 3.05) is 9.44 Å². The van der Waals surface area contributed by atoms with Crippen LogP contribution in [0.2, 0.25) is 0 Å². The van der Waals surface area contributed by atoms with Gasteiger partial charge in [-0.2, -0.15) is 0 Å². The molecule has 3 aromatic carbocycles. The van der Waals surface area contributed by atoms with Gasteiger partial charge in [0.25, 0.3) is 20.0 Å². The summed E-state index contributed by atoms with van der Waals surface area (Å²) in [5.41, 5.74) is -0.433. The number of carbonyl (C=O) groups is 2. The van der Waals surface area contributed by atoms with Crippen molar-refractivity contribution in [3.63, 3.8) is 0 Å². The van der Waals surface area contributed by atoms with Crippen molar-refractivity contribution < 1.29 is 36.6 Å². The van der Waals surface area contributed by atoms with Crippen molar-refractivity contribution in [1.82, 2.24) is 0 Å². The normalized spacial score (nSPS) is 11.5. The minimum atomic E-state index is -4.11. The summed E-state index contributed by atoms with van der Waals surface area (Å²) in [6.45, 7) is 0. The van der Waals surface area contributed by atoms with E-state index in [1.165, 1.54) is 60.7 Å². The smallest absolute Gasteiger partial charge is 0.261 e. The van der Waals surface area contributed by atoms with E-state index >= 15 is 0 Å². The van der Waals surface area contributed by atoms with Crippen LogP contribution in [0.4, 0.5) is 11.4 Å². The van der Waals surface area contributed by atoms with Crippen LogP contribution in [-0.2, 0) is 20.0 Å². The highest BCUT2D eigenvalue weighted by Crippen LogP contribution is 2.21. The lowest BCUT2D eigenvalue weighted by Gasteiger charge is -2.12. The maximum absolute atomic E-state index is 12.5. The molecule has 0 aliphatic rings. The largest absolute Gasteiger partial charge is 0.545 e. The molecule has 0 aromatic heterocycles. The van der Waals surface area contributed by atoms with E-state index in [0.717, 1.165) is 12.1 Å². The molecule has 0 heterocycles. The van der Waals surface area contributed by atoms with Crippen LogP contribution in [0, 0.1) is 0 Å². The van der Waals surface area contributed by atoms with Crippen LogP contribution >= 0.6 is 0 Å². The van der Waals surface area contributed by atoms with Crippen molar-refractivity contribution in [3.05, 3.63) is 83.9 Å². The van der Waals surface area contributed by atoms with Crippen LogP contribution in [0.3, 0.4) is 0 Å². The number of hydrogen-bond acceptors (Lipinski definition) is 8. The Morgan fingerprint density at radius 3 is 1.25 bits per heavy atom. The van der Waals surface area contributed by atoms with E-state index in [9.17, 15) is 36.6 Å². The van der Waals surface area contributed by atoms with Crippen LogP contribution in [-0.4, -0.2) is 28.8 Å². The highest BCUT2D eigenvalue weighted by Gasteiger charge is 2.17.